The summed E-state index contributed by atoms with van der Waals surface area (Å²) in [4.78, 5) is 12.5. The van der Waals surface area contributed by atoms with Crippen LogP contribution in [-0.2, 0) is 0 Å². The summed E-state index contributed by atoms with van der Waals surface area (Å²) >= 11 is 3.37. The molecule has 1 amide bonds. The van der Waals surface area contributed by atoms with Gasteiger partial charge in [0.25, 0.3) is 5.91 Å². The highest BCUT2D eigenvalue weighted by Gasteiger charge is 2.15. The molecule has 0 aliphatic rings. The second-order valence-corrected chi connectivity index (χ2v) is 5.14. The molecular formula is C16H16BrNO3. The molecule has 0 aliphatic carbocycles. The predicted octanol–water partition coefficient (Wildman–Crippen LogP) is 4.11. The third-order valence-electron chi connectivity index (χ3n) is 2.84. The number of methoxy groups -OCH3 is 1. The van der Waals surface area contributed by atoms with Crippen LogP contribution in [0, 0.1) is 0 Å². The van der Waals surface area contributed by atoms with Crippen molar-refractivity contribution in [1.82, 2.24) is 0 Å². The molecule has 0 unspecified atom stereocenters. The largest absolute Gasteiger partial charge is 0.495 e. The molecule has 0 aliphatic heterocycles. The highest BCUT2D eigenvalue weighted by Crippen LogP contribution is 2.27. The number of hydrogen-bond acceptors (Lipinski definition) is 3. The Hall–Kier alpha value is -2.01. The van der Waals surface area contributed by atoms with Crippen molar-refractivity contribution in [3.8, 4) is 11.5 Å². The molecular weight excluding hydrogens is 334 g/mol. The van der Waals surface area contributed by atoms with Crippen molar-refractivity contribution >= 4 is 27.5 Å². The molecule has 1 N–H and O–H groups in total. The Labute approximate surface area is 132 Å². The van der Waals surface area contributed by atoms with Gasteiger partial charge in [0.15, 0.2) is 0 Å². The average molecular weight is 350 g/mol. The summed E-state index contributed by atoms with van der Waals surface area (Å²) in [5.74, 6) is 0.913. The number of rotatable bonds is 5. The van der Waals surface area contributed by atoms with Gasteiger partial charge in [-0.15, -0.1) is 0 Å². The van der Waals surface area contributed by atoms with E-state index in [1.807, 2.05) is 25.1 Å². The molecule has 0 spiro atoms. The lowest BCUT2D eigenvalue weighted by Crippen LogP contribution is -2.14. The Morgan fingerprint density at radius 3 is 2.67 bits per heavy atom. The van der Waals surface area contributed by atoms with Crippen molar-refractivity contribution in [2.45, 2.75) is 6.92 Å². The van der Waals surface area contributed by atoms with E-state index in [0.29, 0.717) is 29.4 Å². The fourth-order valence-corrected chi connectivity index (χ4v) is 2.26. The van der Waals surface area contributed by atoms with Gasteiger partial charge in [0.1, 0.15) is 11.5 Å². The molecule has 0 radical (unpaired) electrons. The number of carbonyl (C=O) groups is 1. The second kappa shape index (κ2) is 7.13. The van der Waals surface area contributed by atoms with E-state index in [-0.39, 0.29) is 5.91 Å². The van der Waals surface area contributed by atoms with E-state index in [1.165, 1.54) is 0 Å². The Bertz CT molecular complexity index is 643. The molecule has 5 heteroatoms. The van der Waals surface area contributed by atoms with E-state index in [0.717, 1.165) is 4.47 Å². The van der Waals surface area contributed by atoms with Crippen molar-refractivity contribution in [2.24, 2.45) is 0 Å². The quantitative estimate of drug-likeness (QED) is 0.883. The van der Waals surface area contributed by atoms with E-state index in [1.54, 1.807) is 31.4 Å². The van der Waals surface area contributed by atoms with Gasteiger partial charge in [0.2, 0.25) is 0 Å². The maximum atomic E-state index is 12.5. The first-order chi connectivity index (χ1) is 10.2. The fourth-order valence-electron chi connectivity index (χ4n) is 1.90. The number of halogens is 1. The van der Waals surface area contributed by atoms with Crippen LogP contribution in [0.1, 0.15) is 17.3 Å². The Balaban J connectivity index is 2.29. The van der Waals surface area contributed by atoms with Gasteiger partial charge in [-0.3, -0.25) is 4.79 Å². The number of nitrogens with one attached hydrogen (secondary N) is 1. The van der Waals surface area contributed by atoms with Crippen LogP contribution in [0.25, 0.3) is 0 Å². The van der Waals surface area contributed by atoms with E-state index in [4.69, 9.17) is 9.47 Å². The highest BCUT2D eigenvalue weighted by molar-refractivity contribution is 9.10. The highest BCUT2D eigenvalue weighted by atomic mass is 79.9. The number of ether oxygens (including phenoxy) is 2. The fraction of sp³-hybridized carbons (Fsp3) is 0.188. The van der Waals surface area contributed by atoms with Crippen LogP contribution in [0.4, 0.5) is 5.69 Å². The number of benzene rings is 2. The maximum Gasteiger partial charge on any atom is 0.259 e. The van der Waals surface area contributed by atoms with Gasteiger partial charge >= 0.3 is 0 Å². The molecule has 0 bridgehead atoms. The Morgan fingerprint density at radius 1 is 1.19 bits per heavy atom. The molecule has 2 rings (SSSR count). The van der Waals surface area contributed by atoms with Crippen LogP contribution in [0.5, 0.6) is 11.5 Å². The van der Waals surface area contributed by atoms with Gasteiger partial charge in [0.05, 0.1) is 25.0 Å². The third kappa shape index (κ3) is 3.76. The van der Waals surface area contributed by atoms with Crippen LogP contribution in [0.15, 0.2) is 46.9 Å². The lowest BCUT2D eigenvalue weighted by Gasteiger charge is -2.13. The molecule has 0 aromatic heterocycles. The molecule has 0 saturated heterocycles. The third-order valence-corrected chi connectivity index (χ3v) is 3.33. The zero-order valence-electron chi connectivity index (χ0n) is 11.9. The summed E-state index contributed by atoms with van der Waals surface area (Å²) in [6, 6.07) is 12.6. The molecule has 2 aromatic carbocycles. The minimum atomic E-state index is -0.246. The van der Waals surface area contributed by atoms with Crippen molar-refractivity contribution in [3.05, 3.63) is 52.5 Å². The van der Waals surface area contributed by atoms with Gasteiger partial charge in [-0.1, -0.05) is 28.1 Å². The van der Waals surface area contributed by atoms with Crippen molar-refractivity contribution < 1.29 is 14.3 Å². The van der Waals surface area contributed by atoms with Gasteiger partial charge < -0.3 is 14.8 Å². The topological polar surface area (TPSA) is 47.6 Å². The molecule has 110 valence electrons. The summed E-state index contributed by atoms with van der Waals surface area (Å²) < 4.78 is 11.5. The first-order valence-electron chi connectivity index (χ1n) is 6.52. The normalized spacial score (nSPS) is 10.0. The minimum absolute atomic E-state index is 0.246. The van der Waals surface area contributed by atoms with E-state index in [2.05, 4.69) is 21.2 Å². The van der Waals surface area contributed by atoms with Crippen LogP contribution >= 0.6 is 15.9 Å². The van der Waals surface area contributed by atoms with Crippen LogP contribution in [0.3, 0.4) is 0 Å². The molecule has 0 saturated carbocycles. The van der Waals surface area contributed by atoms with Gasteiger partial charge in [-0.05, 0) is 37.3 Å². The standard InChI is InChI=1S/C16H16BrNO3/c1-3-21-14-9-8-11(17)10-12(14)16(19)18-13-6-4-5-7-15(13)20-2/h4-10H,3H2,1-2H3,(H,18,19). The van der Waals surface area contributed by atoms with Gasteiger partial charge in [-0.25, -0.2) is 0 Å². The first-order valence-corrected chi connectivity index (χ1v) is 7.31. The monoisotopic (exact) mass is 349 g/mol. The van der Waals surface area contributed by atoms with Crippen LogP contribution < -0.4 is 14.8 Å². The van der Waals surface area contributed by atoms with Crippen molar-refractivity contribution in [3.63, 3.8) is 0 Å². The average Bonchev–Trinajstić information content (AvgIpc) is 2.49. The Kier molecular flexibility index (Phi) is 5.22. The molecule has 0 fully saturated rings. The van der Waals surface area contributed by atoms with E-state index >= 15 is 0 Å². The van der Waals surface area contributed by atoms with Crippen molar-refractivity contribution in [2.75, 3.05) is 19.0 Å². The summed E-state index contributed by atoms with van der Waals surface area (Å²) in [6.07, 6.45) is 0. The Morgan fingerprint density at radius 2 is 1.95 bits per heavy atom. The predicted molar refractivity (Wildman–Crippen MR) is 86.3 cm³/mol. The number of hydrogen-bond donors (Lipinski definition) is 1. The molecule has 21 heavy (non-hydrogen) atoms. The molecule has 4 nitrogen and oxygen atoms in total. The molecule has 2 aromatic rings. The SMILES string of the molecule is CCOc1ccc(Br)cc1C(=O)Nc1ccccc1OC. The summed E-state index contributed by atoms with van der Waals surface area (Å²) in [6.45, 7) is 2.38. The van der Waals surface area contributed by atoms with Crippen molar-refractivity contribution in [1.29, 1.82) is 0 Å². The maximum absolute atomic E-state index is 12.5. The lowest BCUT2D eigenvalue weighted by atomic mass is 10.1. The van der Waals surface area contributed by atoms with Gasteiger partial charge in [0, 0.05) is 4.47 Å². The summed E-state index contributed by atoms with van der Waals surface area (Å²) in [5, 5.41) is 2.84. The summed E-state index contributed by atoms with van der Waals surface area (Å²) in [7, 11) is 1.57. The zero-order chi connectivity index (χ0) is 15.2. The van der Waals surface area contributed by atoms with E-state index < -0.39 is 0 Å². The minimum Gasteiger partial charge on any atom is -0.495 e. The number of para-hydroxylation sites is 2. The van der Waals surface area contributed by atoms with Crippen LogP contribution in [0.2, 0.25) is 0 Å². The first kappa shape index (κ1) is 15.4. The van der Waals surface area contributed by atoms with E-state index in [9.17, 15) is 4.79 Å². The lowest BCUT2D eigenvalue weighted by molar-refractivity contribution is 0.102. The smallest absolute Gasteiger partial charge is 0.259 e. The number of anilines is 1. The van der Waals surface area contributed by atoms with Crippen LogP contribution in [-0.4, -0.2) is 19.6 Å². The summed E-state index contributed by atoms with van der Waals surface area (Å²) in [5.41, 5.74) is 1.09. The zero-order valence-corrected chi connectivity index (χ0v) is 13.4. The number of carbonyl (C=O) groups excluding carboxylic acids is 1. The number of amides is 1. The molecule has 0 heterocycles. The molecule has 0 atom stereocenters. The second-order valence-electron chi connectivity index (χ2n) is 4.23. The van der Waals surface area contributed by atoms with Gasteiger partial charge in [-0.2, -0.15) is 0 Å².